The molecule has 86 valence electrons. The number of aromatic nitrogens is 1. The van der Waals surface area contributed by atoms with Crippen molar-refractivity contribution in [3.63, 3.8) is 0 Å². The lowest BCUT2D eigenvalue weighted by molar-refractivity contribution is -0.0447. The molecule has 0 amide bonds. The lowest BCUT2D eigenvalue weighted by Gasteiger charge is -2.48. The Morgan fingerprint density at radius 3 is 2.69 bits per heavy atom. The maximum Gasteiger partial charge on any atom is 0.213 e. The van der Waals surface area contributed by atoms with Crippen molar-refractivity contribution in [3.8, 4) is 11.6 Å². The Kier molecular flexibility index (Phi) is 2.44. The minimum atomic E-state index is 0.386. The Morgan fingerprint density at radius 2 is 2.12 bits per heavy atom. The van der Waals surface area contributed by atoms with Crippen LogP contribution in [0.15, 0.2) is 18.3 Å². The van der Waals surface area contributed by atoms with Crippen LogP contribution in [0, 0.1) is 11.8 Å². The van der Waals surface area contributed by atoms with Gasteiger partial charge < -0.3 is 14.8 Å². The van der Waals surface area contributed by atoms with Gasteiger partial charge in [-0.2, -0.15) is 0 Å². The molecule has 2 unspecified atom stereocenters. The molecular weight excluding hydrogens is 204 g/mol. The van der Waals surface area contributed by atoms with Crippen LogP contribution in [0.2, 0.25) is 0 Å². The zero-order valence-corrected chi connectivity index (χ0v) is 9.35. The number of fused-ring (bicyclic) bond motifs is 2. The molecule has 4 heteroatoms. The van der Waals surface area contributed by atoms with Gasteiger partial charge in [0.25, 0.3) is 0 Å². The first-order valence-corrected chi connectivity index (χ1v) is 5.74. The zero-order valence-electron chi connectivity index (χ0n) is 9.35. The fourth-order valence-corrected chi connectivity index (χ4v) is 2.61. The largest absolute Gasteiger partial charge is 0.488 e. The van der Waals surface area contributed by atoms with Crippen molar-refractivity contribution in [2.24, 2.45) is 11.8 Å². The number of hydrogen-bond acceptors (Lipinski definition) is 4. The smallest absolute Gasteiger partial charge is 0.213 e. The van der Waals surface area contributed by atoms with Crippen molar-refractivity contribution in [1.29, 1.82) is 0 Å². The Hall–Kier alpha value is -1.29. The van der Waals surface area contributed by atoms with E-state index in [2.05, 4.69) is 10.3 Å². The number of nitrogens with one attached hydrogen (secondary N) is 1. The highest BCUT2D eigenvalue weighted by atomic mass is 16.5. The second-order valence-corrected chi connectivity index (χ2v) is 4.53. The summed E-state index contributed by atoms with van der Waals surface area (Å²) < 4.78 is 11.0. The molecule has 16 heavy (non-hydrogen) atoms. The van der Waals surface area contributed by atoms with Crippen LogP contribution in [0.3, 0.4) is 0 Å². The number of piperidine rings is 2. The second-order valence-electron chi connectivity index (χ2n) is 4.53. The van der Waals surface area contributed by atoms with E-state index in [1.54, 1.807) is 13.3 Å². The highest BCUT2D eigenvalue weighted by Gasteiger charge is 2.45. The molecule has 2 fully saturated rings. The van der Waals surface area contributed by atoms with E-state index in [1.165, 1.54) is 6.42 Å². The van der Waals surface area contributed by atoms with Gasteiger partial charge in [0, 0.05) is 31.0 Å². The first kappa shape index (κ1) is 9.90. The topological polar surface area (TPSA) is 43.4 Å². The number of nitrogens with zero attached hydrogens (tertiary/aromatic N) is 1. The standard InChI is InChI=1S/C12H16N2O2/c1-15-11-3-2-10(7-14-11)16-12-8-4-9(12)6-13-5-8/h2-3,7-9,12-13H,4-6H2,1H3. The van der Waals surface area contributed by atoms with Gasteiger partial charge in [0.15, 0.2) is 0 Å². The molecule has 1 aromatic rings. The lowest BCUT2D eigenvalue weighted by Crippen LogP contribution is -2.59. The van der Waals surface area contributed by atoms with Gasteiger partial charge >= 0.3 is 0 Å². The molecular formula is C12H16N2O2. The Morgan fingerprint density at radius 1 is 1.31 bits per heavy atom. The summed E-state index contributed by atoms with van der Waals surface area (Å²) in [6.45, 7) is 2.18. The maximum atomic E-state index is 5.96. The van der Waals surface area contributed by atoms with Gasteiger partial charge in [0.05, 0.1) is 13.3 Å². The molecule has 1 aromatic heterocycles. The highest BCUT2D eigenvalue weighted by Crippen LogP contribution is 2.39. The molecule has 0 spiro atoms. The average molecular weight is 220 g/mol. The third kappa shape index (κ3) is 1.63. The van der Waals surface area contributed by atoms with Crippen molar-refractivity contribution in [1.82, 2.24) is 10.3 Å². The minimum absolute atomic E-state index is 0.386. The molecule has 0 aromatic carbocycles. The van der Waals surface area contributed by atoms with Crippen LogP contribution in [0.25, 0.3) is 0 Å². The molecule has 1 aliphatic carbocycles. The van der Waals surface area contributed by atoms with Crippen LogP contribution in [0.4, 0.5) is 0 Å². The van der Waals surface area contributed by atoms with Crippen LogP contribution < -0.4 is 14.8 Å². The number of methoxy groups -OCH3 is 1. The third-order valence-corrected chi connectivity index (χ3v) is 3.54. The summed E-state index contributed by atoms with van der Waals surface area (Å²) in [6.07, 6.45) is 3.43. The van der Waals surface area contributed by atoms with E-state index in [0.29, 0.717) is 23.8 Å². The van der Waals surface area contributed by atoms with Crippen LogP contribution in [0.1, 0.15) is 6.42 Å². The van der Waals surface area contributed by atoms with Gasteiger partial charge in [-0.25, -0.2) is 4.98 Å². The van der Waals surface area contributed by atoms with Gasteiger partial charge in [-0.1, -0.05) is 0 Å². The SMILES string of the molecule is COc1ccc(OC2C3CNCC2C3)cn1. The molecule has 2 aliphatic rings. The number of pyridine rings is 1. The molecule has 1 N–H and O–H groups in total. The van der Waals surface area contributed by atoms with E-state index in [-0.39, 0.29) is 0 Å². The maximum absolute atomic E-state index is 5.96. The summed E-state index contributed by atoms with van der Waals surface area (Å²) in [5.41, 5.74) is 0. The van der Waals surface area contributed by atoms with Crippen molar-refractivity contribution < 1.29 is 9.47 Å². The Balaban J connectivity index is 1.65. The van der Waals surface area contributed by atoms with E-state index < -0.39 is 0 Å². The van der Waals surface area contributed by atoms with Crippen LogP contribution >= 0.6 is 0 Å². The van der Waals surface area contributed by atoms with E-state index in [0.717, 1.165) is 18.8 Å². The van der Waals surface area contributed by atoms with Crippen molar-refractivity contribution in [2.75, 3.05) is 20.2 Å². The summed E-state index contributed by atoms with van der Waals surface area (Å²) in [4.78, 5) is 4.14. The first-order chi connectivity index (χ1) is 7.86. The second kappa shape index (κ2) is 3.94. The highest BCUT2D eigenvalue weighted by molar-refractivity contribution is 5.23. The quantitative estimate of drug-likeness (QED) is 0.827. The van der Waals surface area contributed by atoms with Crippen LogP contribution in [-0.4, -0.2) is 31.3 Å². The zero-order chi connectivity index (χ0) is 11.0. The molecule has 1 saturated heterocycles. The normalized spacial score (nSPS) is 31.7. The third-order valence-electron chi connectivity index (χ3n) is 3.54. The lowest BCUT2D eigenvalue weighted by atomic mass is 9.69. The van der Waals surface area contributed by atoms with Gasteiger partial charge in [-0.05, 0) is 12.5 Å². The van der Waals surface area contributed by atoms with Crippen LogP contribution in [-0.2, 0) is 0 Å². The summed E-state index contributed by atoms with van der Waals surface area (Å²) in [7, 11) is 1.62. The number of ether oxygens (including phenoxy) is 2. The Labute approximate surface area is 95.0 Å². The van der Waals surface area contributed by atoms with E-state index in [9.17, 15) is 0 Å². The van der Waals surface area contributed by atoms with Crippen molar-refractivity contribution in [3.05, 3.63) is 18.3 Å². The van der Waals surface area contributed by atoms with Crippen LogP contribution in [0.5, 0.6) is 11.6 Å². The van der Waals surface area contributed by atoms with Gasteiger partial charge in [-0.15, -0.1) is 0 Å². The summed E-state index contributed by atoms with van der Waals surface area (Å²) in [5, 5.41) is 3.40. The molecule has 4 nitrogen and oxygen atoms in total. The van der Waals surface area contributed by atoms with Crippen molar-refractivity contribution in [2.45, 2.75) is 12.5 Å². The first-order valence-electron chi connectivity index (χ1n) is 5.74. The summed E-state index contributed by atoms with van der Waals surface area (Å²) in [6, 6.07) is 3.76. The van der Waals surface area contributed by atoms with Gasteiger partial charge in [0.2, 0.25) is 5.88 Å². The molecule has 2 heterocycles. The average Bonchev–Trinajstić information content (AvgIpc) is 2.37. The summed E-state index contributed by atoms with van der Waals surface area (Å²) >= 11 is 0. The molecule has 2 bridgehead atoms. The number of rotatable bonds is 3. The van der Waals surface area contributed by atoms with E-state index in [1.807, 2.05) is 12.1 Å². The molecule has 2 atom stereocenters. The monoisotopic (exact) mass is 220 g/mol. The minimum Gasteiger partial charge on any atom is -0.488 e. The predicted molar refractivity (Wildman–Crippen MR) is 59.7 cm³/mol. The molecule has 0 radical (unpaired) electrons. The van der Waals surface area contributed by atoms with E-state index >= 15 is 0 Å². The van der Waals surface area contributed by atoms with E-state index in [4.69, 9.17) is 9.47 Å². The van der Waals surface area contributed by atoms with Gasteiger partial charge in [-0.3, -0.25) is 0 Å². The fourth-order valence-electron chi connectivity index (χ4n) is 2.61. The fraction of sp³-hybridized carbons (Fsp3) is 0.583. The van der Waals surface area contributed by atoms with Crippen molar-refractivity contribution >= 4 is 0 Å². The Bertz CT molecular complexity index is 352. The molecule has 1 saturated carbocycles. The predicted octanol–water partition coefficient (Wildman–Crippen LogP) is 1.08. The number of hydrogen-bond donors (Lipinski definition) is 1. The van der Waals surface area contributed by atoms with Gasteiger partial charge in [0.1, 0.15) is 11.9 Å². The molecule has 1 aliphatic heterocycles. The summed E-state index contributed by atoms with van der Waals surface area (Å²) in [5.74, 6) is 2.84. The molecule has 3 rings (SSSR count).